The second-order valence-electron chi connectivity index (χ2n) is 6.14. The largest absolute Gasteiger partial charge is 0.496 e. The maximum atomic E-state index is 13.1. The summed E-state index contributed by atoms with van der Waals surface area (Å²) in [5, 5.41) is 0. The third-order valence-corrected chi connectivity index (χ3v) is 4.52. The lowest BCUT2D eigenvalue weighted by atomic mass is 9.75. The molecule has 21 heavy (non-hydrogen) atoms. The van der Waals surface area contributed by atoms with Crippen LogP contribution in [0.4, 0.5) is 0 Å². The van der Waals surface area contributed by atoms with Crippen LogP contribution < -0.4 is 4.74 Å². The minimum absolute atomic E-state index is 0.0804. The Hall–Kier alpha value is -1.35. The summed E-state index contributed by atoms with van der Waals surface area (Å²) in [6, 6.07) is 5.75. The molecular weight excluding hydrogens is 264 g/mol. The van der Waals surface area contributed by atoms with Gasteiger partial charge in [-0.15, -0.1) is 0 Å². The van der Waals surface area contributed by atoms with Crippen LogP contribution in [0.25, 0.3) is 0 Å². The number of rotatable bonds is 5. The third kappa shape index (κ3) is 3.29. The van der Waals surface area contributed by atoms with Crippen LogP contribution in [0.15, 0.2) is 18.2 Å². The first-order chi connectivity index (χ1) is 10.0. The van der Waals surface area contributed by atoms with Gasteiger partial charge >= 0.3 is 0 Å². The minimum Gasteiger partial charge on any atom is -0.496 e. The molecule has 0 unspecified atom stereocenters. The predicted octanol–water partition coefficient (Wildman–Crippen LogP) is 4.17. The van der Waals surface area contributed by atoms with E-state index in [0.29, 0.717) is 23.8 Å². The van der Waals surface area contributed by atoms with E-state index < -0.39 is 5.60 Å². The zero-order chi connectivity index (χ0) is 15.5. The molecule has 3 nitrogen and oxygen atoms in total. The highest BCUT2D eigenvalue weighted by atomic mass is 16.5. The monoisotopic (exact) mass is 290 g/mol. The van der Waals surface area contributed by atoms with Gasteiger partial charge < -0.3 is 9.47 Å². The molecule has 0 aliphatic heterocycles. The second kappa shape index (κ2) is 6.61. The van der Waals surface area contributed by atoms with Gasteiger partial charge in [0.1, 0.15) is 11.4 Å². The number of Topliss-reactive ketones (excluding diaryl/α,β-unsaturated/α-hetero) is 1. The number of aryl methyl sites for hydroxylation is 1. The van der Waals surface area contributed by atoms with Crippen molar-refractivity contribution < 1.29 is 14.3 Å². The number of carbonyl (C=O) groups excluding carboxylic acids is 1. The Bertz CT molecular complexity index is 499. The summed E-state index contributed by atoms with van der Waals surface area (Å²) in [5.41, 5.74) is 1.05. The molecule has 1 saturated carbocycles. The molecule has 0 N–H and O–H groups in total. The van der Waals surface area contributed by atoms with Gasteiger partial charge in [0.2, 0.25) is 0 Å². The zero-order valence-electron chi connectivity index (χ0n) is 13.6. The van der Waals surface area contributed by atoms with E-state index in [1.807, 2.05) is 32.0 Å². The summed E-state index contributed by atoms with van der Waals surface area (Å²) >= 11 is 0. The quantitative estimate of drug-likeness (QED) is 0.763. The van der Waals surface area contributed by atoms with Crippen molar-refractivity contribution >= 4 is 5.78 Å². The normalized spacial score (nSPS) is 25.6. The zero-order valence-corrected chi connectivity index (χ0v) is 13.6. The standard InChI is InChI=1S/C18H26O3/c1-5-21-18(10-8-13(2)9-11-18)17(19)15-12-14(3)6-7-16(15)20-4/h6-7,12-13H,5,8-11H2,1-4H3. The molecule has 0 amide bonds. The highest BCUT2D eigenvalue weighted by molar-refractivity contribution is 6.04. The van der Waals surface area contributed by atoms with Gasteiger partial charge in [0.25, 0.3) is 0 Å². The maximum absolute atomic E-state index is 13.1. The van der Waals surface area contributed by atoms with E-state index in [9.17, 15) is 4.79 Å². The van der Waals surface area contributed by atoms with Crippen molar-refractivity contribution in [2.75, 3.05) is 13.7 Å². The maximum Gasteiger partial charge on any atom is 0.198 e. The van der Waals surface area contributed by atoms with Crippen molar-refractivity contribution in [3.8, 4) is 5.75 Å². The van der Waals surface area contributed by atoms with E-state index in [4.69, 9.17) is 9.47 Å². The minimum atomic E-state index is -0.664. The molecule has 3 heteroatoms. The van der Waals surface area contributed by atoms with Crippen molar-refractivity contribution in [1.29, 1.82) is 0 Å². The predicted molar refractivity (Wildman–Crippen MR) is 84.1 cm³/mol. The van der Waals surface area contributed by atoms with Gasteiger partial charge in [0.15, 0.2) is 5.78 Å². The molecule has 0 spiro atoms. The molecule has 0 saturated heterocycles. The van der Waals surface area contributed by atoms with Crippen LogP contribution >= 0.6 is 0 Å². The van der Waals surface area contributed by atoms with Gasteiger partial charge in [-0.3, -0.25) is 4.79 Å². The van der Waals surface area contributed by atoms with Crippen LogP contribution in [0.5, 0.6) is 5.75 Å². The van der Waals surface area contributed by atoms with Crippen LogP contribution in [-0.2, 0) is 4.74 Å². The molecule has 2 rings (SSSR count). The average Bonchev–Trinajstić information content (AvgIpc) is 2.49. The van der Waals surface area contributed by atoms with E-state index in [1.165, 1.54) is 0 Å². The van der Waals surface area contributed by atoms with Crippen LogP contribution in [0, 0.1) is 12.8 Å². The summed E-state index contributed by atoms with van der Waals surface area (Å²) in [5.74, 6) is 1.39. The van der Waals surface area contributed by atoms with Gasteiger partial charge in [-0.25, -0.2) is 0 Å². The number of hydrogen-bond donors (Lipinski definition) is 0. The molecule has 1 aliphatic carbocycles. The Morgan fingerprint density at radius 1 is 1.33 bits per heavy atom. The van der Waals surface area contributed by atoms with Crippen molar-refractivity contribution in [3.63, 3.8) is 0 Å². The fourth-order valence-corrected chi connectivity index (χ4v) is 3.19. The molecule has 0 radical (unpaired) electrons. The molecular formula is C18H26O3. The summed E-state index contributed by atoms with van der Waals surface area (Å²) < 4.78 is 11.3. The Morgan fingerprint density at radius 3 is 2.57 bits per heavy atom. The second-order valence-corrected chi connectivity index (χ2v) is 6.14. The summed E-state index contributed by atoms with van der Waals surface area (Å²) in [4.78, 5) is 13.1. The van der Waals surface area contributed by atoms with E-state index in [1.54, 1.807) is 7.11 Å². The molecule has 1 aromatic rings. The summed E-state index contributed by atoms with van der Waals surface area (Å²) in [6.07, 6.45) is 3.69. The highest BCUT2D eigenvalue weighted by Gasteiger charge is 2.43. The van der Waals surface area contributed by atoms with Crippen molar-refractivity contribution in [3.05, 3.63) is 29.3 Å². The highest BCUT2D eigenvalue weighted by Crippen LogP contribution is 2.39. The van der Waals surface area contributed by atoms with Crippen LogP contribution in [0.2, 0.25) is 0 Å². The van der Waals surface area contributed by atoms with Crippen molar-refractivity contribution in [2.45, 2.75) is 52.1 Å². The van der Waals surface area contributed by atoms with Crippen molar-refractivity contribution in [2.24, 2.45) is 5.92 Å². The van der Waals surface area contributed by atoms with E-state index in [-0.39, 0.29) is 5.78 Å². The summed E-state index contributed by atoms with van der Waals surface area (Å²) in [6.45, 7) is 6.76. The van der Waals surface area contributed by atoms with Gasteiger partial charge in [0, 0.05) is 6.61 Å². The fourth-order valence-electron chi connectivity index (χ4n) is 3.19. The van der Waals surface area contributed by atoms with Gasteiger partial charge in [-0.2, -0.15) is 0 Å². The van der Waals surface area contributed by atoms with E-state index in [2.05, 4.69) is 6.92 Å². The number of methoxy groups -OCH3 is 1. The topological polar surface area (TPSA) is 35.5 Å². The van der Waals surface area contributed by atoms with E-state index >= 15 is 0 Å². The first kappa shape index (κ1) is 16.0. The molecule has 1 aromatic carbocycles. The number of hydrogen-bond acceptors (Lipinski definition) is 3. The Labute approximate surface area is 127 Å². The third-order valence-electron chi connectivity index (χ3n) is 4.52. The molecule has 0 bridgehead atoms. The Kier molecular flexibility index (Phi) is 5.04. The number of benzene rings is 1. The molecule has 1 fully saturated rings. The van der Waals surface area contributed by atoms with Gasteiger partial charge in [-0.05, 0) is 57.6 Å². The Balaban J connectivity index is 2.37. The first-order valence-electron chi connectivity index (χ1n) is 7.86. The van der Waals surface area contributed by atoms with Gasteiger partial charge in [0.05, 0.1) is 12.7 Å². The molecule has 1 aliphatic rings. The first-order valence-corrected chi connectivity index (χ1v) is 7.86. The van der Waals surface area contributed by atoms with Crippen LogP contribution in [0.1, 0.15) is 55.5 Å². The fraction of sp³-hybridized carbons (Fsp3) is 0.611. The Morgan fingerprint density at radius 2 is 2.00 bits per heavy atom. The number of ether oxygens (including phenoxy) is 2. The summed E-state index contributed by atoms with van der Waals surface area (Å²) in [7, 11) is 1.61. The van der Waals surface area contributed by atoms with Crippen LogP contribution in [0.3, 0.4) is 0 Å². The molecule has 0 aromatic heterocycles. The SMILES string of the molecule is CCOC1(C(=O)c2cc(C)ccc2OC)CCC(C)CC1. The lowest BCUT2D eigenvalue weighted by Gasteiger charge is -2.38. The molecule has 0 heterocycles. The van der Waals surface area contributed by atoms with E-state index in [0.717, 1.165) is 31.2 Å². The lowest BCUT2D eigenvalue weighted by molar-refractivity contribution is -0.0475. The van der Waals surface area contributed by atoms with Crippen molar-refractivity contribution in [1.82, 2.24) is 0 Å². The van der Waals surface area contributed by atoms with Crippen LogP contribution in [-0.4, -0.2) is 25.1 Å². The number of ketones is 1. The average molecular weight is 290 g/mol. The van der Waals surface area contributed by atoms with Gasteiger partial charge in [-0.1, -0.05) is 18.6 Å². The molecule has 0 atom stereocenters. The smallest absolute Gasteiger partial charge is 0.198 e. The molecule has 116 valence electrons. The lowest BCUT2D eigenvalue weighted by Crippen LogP contribution is -2.45. The number of carbonyl (C=O) groups is 1.